The van der Waals surface area contributed by atoms with E-state index < -0.39 is 0 Å². The SMILES string of the molecule is COCCCNC(=O)Cc1sc(N)nc1-c1cccs1. The molecule has 0 saturated carbocycles. The second-order valence-corrected chi connectivity index (χ2v) is 6.24. The lowest BCUT2D eigenvalue weighted by atomic mass is 10.2. The van der Waals surface area contributed by atoms with Crippen molar-refractivity contribution in [3.63, 3.8) is 0 Å². The van der Waals surface area contributed by atoms with Gasteiger partial charge in [0.15, 0.2) is 5.13 Å². The fourth-order valence-corrected chi connectivity index (χ4v) is 3.40. The van der Waals surface area contributed by atoms with Crippen LogP contribution in [0.4, 0.5) is 5.13 Å². The number of nitrogen functional groups attached to an aromatic ring is 1. The van der Waals surface area contributed by atoms with E-state index in [0.29, 0.717) is 24.7 Å². The summed E-state index contributed by atoms with van der Waals surface area (Å²) < 4.78 is 4.94. The molecule has 0 bridgehead atoms. The number of nitrogens with one attached hydrogen (secondary N) is 1. The molecule has 0 aliphatic heterocycles. The molecular formula is C13H17N3O2S2. The van der Waals surface area contributed by atoms with Crippen LogP contribution in [0.5, 0.6) is 0 Å². The van der Waals surface area contributed by atoms with Crippen molar-refractivity contribution >= 4 is 33.7 Å². The van der Waals surface area contributed by atoms with Crippen molar-refractivity contribution in [3.05, 3.63) is 22.4 Å². The van der Waals surface area contributed by atoms with E-state index in [9.17, 15) is 4.79 Å². The molecule has 2 aromatic rings. The average Bonchev–Trinajstić information content (AvgIpc) is 3.04. The zero-order chi connectivity index (χ0) is 14.4. The second kappa shape index (κ2) is 7.37. The van der Waals surface area contributed by atoms with Crippen LogP contribution in [-0.2, 0) is 16.0 Å². The first-order valence-corrected chi connectivity index (χ1v) is 7.95. The first kappa shape index (κ1) is 15.0. The molecule has 20 heavy (non-hydrogen) atoms. The monoisotopic (exact) mass is 311 g/mol. The fourth-order valence-electron chi connectivity index (χ4n) is 1.75. The third-order valence-corrected chi connectivity index (χ3v) is 4.40. The molecule has 0 atom stereocenters. The number of carbonyl (C=O) groups is 1. The molecule has 0 fully saturated rings. The van der Waals surface area contributed by atoms with Crippen LogP contribution >= 0.6 is 22.7 Å². The summed E-state index contributed by atoms with van der Waals surface area (Å²) in [4.78, 5) is 18.2. The Balaban J connectivity index is 1.97. The van der Waals surface area contributed by atoms with Crippen molar-refractivity contribution in [3.8, 4) is 10.6 Å². The molecular weight excluding hydrogens is 294 g/mol. The van der Waals surface area contributed by atoms with Gasteiger partial charge in [0, 0.05) is 25.1 Å². The van der Waals surface area contributed by atoms with Crippen LogP contribution in [0.1, 0.15) is 11.3 Å². The van der Waals surface area contributed by atoms with E-state index in [4.69, 9.17) is 10.5 Å². The molecule has 2 aromatic heterocycles. The fraction of sp³-hybridized carbons (Fsp3) is 0.385. The Kier molecular flexibility index (Phi) is 5.51. The van der Waals surface area contributed by atoms with Crippen molar-refractivity contribution < 1.29 is 9.53 Å². The van der Waals surface area contributed by atoms with E-state index in [2.05, 4.69) is 10.3 Å². The van der Waals surface area contributed by atoms with E-state index in [1.54, 1.807) is 18.4 Å². The molecule has 2 rings (SSSR count). The van der Waals surface area contributed by atoms with Gasteiger partial charge in [-0.25, -0.2) is 4.98 Å². The number of thiophene rings is 1. The Labute approximate surface area is 125 Å². The number of hydrogen-bond donors (Lipinski definition) is 2. The standard InChI is InChI=1S/C13H17N3O2S2/c1-18-6-3-5-15-11(17)8-10-12(16-13(14)20-10)9-4-2-7-19-9/h2,4,7H,3,5-6,8H2,1H3,(H2,14,16)(H,15,17). The number of rotatable bonds is 7. The topological polar surface area (TPSA) is 77.2 Å². The van der Waals surface area contributed by atoms with Crippen molar-refractivity contribution in [2.45, 2.75) is 12.8 Å². The lowest BCUT2D eigenvalue weighted by molar-refractivity contribution is -0.120. The van der Waals surface area contributed by atoms with Gasteiger partial charge in [0.05, 0.1) is 17.0 Å². The van der Waals surface area contributed by atoms with Crippen molar-refractivity contribution in [1.29, 1.82) is 0 Å². The Morgan fingerprint density at radius 3 is 3.10 bits per heavy atom. The summed E-state index contributed by atoms with van der Waals surface area (Å²) in [5.41, 5.74) is 6.59. The third kappa shape index (κ3) is 4.03. The number of nitrogens with zero attached hydrogens (tertiary/aromatic N) is 1. The molecule has 0 radical (unpaired) electrons. The average molecular weight is 311 g/mol. The van der Waals surface area contributed by atoms with E-state index in [1.807, 2.05) is 17.5 Å². The predicted octanol–water partition coefficient (Wildman–Crippen LogP) is 2.15. The Morgan fingerprint density at radius 1 is 1.55 bits per heavy atom. The summed E-state index contributed by atoms with van der Waals surface area (Å²) in [5.74, 6) is -0.0115. The Bertz CT molecular complexity index is 552. The molecule has 1 amide bonds. The van der Waals surface area contributed by atoms with Gasteiger partial charge in [0.25, 0.3) is 0 Å². The summed E-state index contributed by atoms with van der Waals surface area (Å²) >= 11 is 2.97. The number of carbonyl (C=O) groups excluding carboxylic acids is 1. The third-order valence-electron chi connectivity index (χ3n) is 2.64. The number of aromatic nitrogens is 1. The lowest BCUT2D eigenvalue weighted by Crippen LogP contribution is -2.26. The number of ether oxygens (including phenoxy) is 1. The molecule has 0 unspecified atom stereocenters. The lowest BCUT2D eigenvalue weighted by Gasteiger charge is -2.04. The highest BCUT2D eigenvalue weighted by Gasteiger charge is 2.15. The van der Waals surface area contributed by atoms with Gasteiger partial charge in [0.1, 0.15) is 0 Å². The highest BCUT2D eigenvalue weighted by molar-refractivity contribution is 7.17. The van der Waals surface area contributed by atoms with Crippen molar-refractivity contribution in [1.82, 2.24) is 10.3 Å². The number of thiazole rings is 1. The van der Waals surface area contributed by atoms with Gasteiger partial charge in [-0.3, -0.25) is 4.79 Å². The zero-order valence-corrected chi connectivity index (χ0v) is 12.9. The quantitative estimate of drug-likeness (QED) is 0.768. The van der Waals surface area contributed by atoms with E-state index in [0.717, 1.165) is 21.9 Å². The summed E-state index contributed by atoms with van der Waals surface area (Å²) in [7, 11) is 1.65. The summed E-state index contributed by atoms with van der Waals surface area (Å²) in [6.45, 7) is 1.27. The largest absolute Gasteiger partial charge is 0.385 e. The van der Waals surface area contributed by atoms with Gasteiger partial charge in [-0.1, -0.05) is 6.07 Å². The van der Waals surface area contributed by atoms with Gasteiger partial charge in [-0.15, -0.1) is 22.7 Å². The molecule has 7 heteroatoms. The molecule has 0 spiro atoms. The minimum absolute atomic E-state index is 0.0115. The van der Waals surface area contributed by atoms with Crippen molar-refractivity contribution in [2.75, 3.05) is 26.0 Å². The van der Waals surface area contributed by atoms with Crippen LogP contribution < -0.4 is 11.1 Å². The molecule has 0 aromatic carbocycles. The minimum Gasteiger partial charge on any atom is -0.385 e. The van der Waals surface area contributed by atoms with Crippen molar-refractivity contribution in [2.24, 2.45) is 0 Å². The zero-order valence-electron chi connectivity index (χ0n) is 11.2. The highest BCUT2D eigenvalue weighted by atomic mass is 32.1. The maximum Gasteiger partial charge on any atom is 0.225 e. The first-order chi connectivity index (χ1) is 9.70. The Morgan fingerprint density at radius 2 is 2.40 bits per heavy atom. The molecule has 2 heterocycles. The molecule has 0 aliphatic rings. The van der Waals surface area contributed by atoms with Crippen LogP contribution in [0.25, 0.3) is 10.6 Å². The van der Waals surface area contributed by atoms with Crippen LogP contribution in [0.3, 0.4) is 0 Å². The number of nitrogens with two attached hydrogens (primary N) is 1. The molecule has 3 N–H and O–H groups in total. The van der Waals surface area contributed by atoms with Crippen LogP contribution in [0, 0.1) is 0 Å². The number of amides is 1. The summed E-state index contributed by atoms with van der Waals surface area (Å²) in [6, 6.07) is 3.95. The predicted molar refractivity (Wildman–Crippen MR) is 83.0 cm³/mol. The normalized spacial score (nSPS) is 10.7. The van der Waals surface area contributed by atoms with Crippen LogP contribution in [0.2, 0.25) is 0 Å². The molecule has 5 nitrogen and oxygen atoms in total. The Hall–Kier alpha value is -1.44. The number of hydrogen-bond acceptors (Lipinski definition) is 6. The summed E-state index contributed by atoms with van der Waals surface area (Å²) in [5, 5.41) is 5.35. The maximum absolute atomic E-state index is 11.9. The van der Waals surface area contributed by atoms with E-state index in [-0.39, 0.29) is 5.91 Å². The smallest absolute Gasteiger partial charge is 0.225 e. The van der Waals surface area contributed by atoms with Gasteiger partial charge in [0.2, 0.25) is 5.91 Å². The maximum atomic E-state index is 11.9. The van der Waals surface area contributed by atoms with Gasteiger partial charge >= 0.3 is 0 Å². The minimum atomic E-state index is -0.0115. The summed E-state index contributed by atoms with van der Waals surface area (Å²) in [6.07, 6.45) is 1.12. The first-order valence-electron chi connectivity index (χ1n) is 6.25. The second-order valence-electron chi connectivity index (χ2n) is 4.17. The van der Waals surface area contributed by atoms with Gasteiger partial charge < -0.3 is 15.8 Å². The van der Waals surface area contributed by atoms with E-state index >= 15 is 0 Å². The molecule has 108 valence electrons. The molecule has 0 aliphatic carbocycles. The van der Waals surface area contributed by atoms with Gasteiger partial charge in [-0.2, -0.15) is 0 Å². The number of methoxy groups -OCH3 is 1. The van der Waals surface area contributed by atoms with Crippen LogP contribution in [-0.4, -0.2) is 31.2 Å². The highest BCUT2D eigenvalue weighted by Crippen LogP contribution is 2.32. The van der Waals surface area contributed by atoms with E-state index in [1.165, 1.54) is 11.3 Å². The van der Waals surface area contributed by atoms with Crippen LogP contribution in [0.15, 0.2) is 17.5 Å². The number of anilines is 1. The molecule has 0 saturated heterocycles. The van der Waals surface area contributed by atoms with Gasteiger partial charge in [-0.05, 0) is 17.9 Å².